The van der Waals surface area contributed by atoms with Crippen LogP contribution in [0.3, 0.4) is 0 Å². The standard InChI is InChI=1S/C33H30BrN3O5/c1-22-9-10-23(2)37(22)27-11-13-28(14-12-27)40-21-29-15-16-30(42-29)33(38)36-35-19-25-17-26(34)18-31(39-3)32(25)41-20-24-7-5-4-6-8-24/h4-19H,20-21H2,1-3H3,(H,36,38). The Kier molecular flexibility index (Phi) is 9.08. The van der Waals surface area contributed by atoms with Gasteiger partial charge >= 0.3 is 5.91 Å². The summed E-state index contributed by atoms with van der Waals surface area (Å²) in [5, 5.41) is 4.12. The third kappa shape index (κ3) is 6.92. The molecule has 3 aromatic carbocycles. The molecule has 8 nitrogen and oxygen atoms in total. The van der Waals surface area contributed by atoms with Crippen LogP contribution in [0.4, 0.5) is 0 Å². The van der Waals surface area contributed by atoms with Crippen LogP contribution < -0.4 is 19.6 Å². The van der Waals surface area contributed by atoms with Gasteiger partial charge in [-0.15, -0.1) is 0 Å². The molecular weight excluding hydrogens is 598 g/mol. The SMILES string of the molecule is COc1cc(Br)cc(C=NNC(=O)c2ccc(COc3ccc(-n4c(C)ccc4C)cc3)o2)c1OCc1ccccc1. The van der Waals surface area contributed by atoms with Gasteiger partial charge in [-0.2, -0.15) is 5.10 Å². The van der Waals surface area contributed by atoms with E-state index < -0.39 is 5.91 Å². The number of nitrogens with zero attached hydrogens (tertiary/aromatic N) is 2. The van der Waals surface area contributed by atoms with Gasteiger partial charge in [0, 0.05) is 27.1 Å². The Morgan fingerprint density at radius 1 is 0.929 bits per heavy atom. The molecule has 0 spiro atoms. The zero-order valence-electron chi connectivity index (χ0n) is 23.5. The Labute approximate surface area is 252 Å². The van der Waals surface area contributed by atoms with E-state index >= 15 is 0 Å². The fourth-order valence-corrected chi connectivity index (χ4v) is 4.89. The number of halogens is 1. The smallest absolute Gasteiger partial charge is 0.307 e. The summed E-state index contributed by atoms with van der Waals surface area (Å²) < 4.78 is 26.1. The lowest BCUT2D eigenvalue weighted by atomic mass is 10.2. The second-order valence-corrected chi connectivity index (χ2v) is 10.4. The number of rotatable bonds is 11. The van der Waals surface area contributed by atoms with Crippen molar-refractivity contribution in [3.05, 3.63) is 130 Å². The summed E-state index contributed by atoms with van der Waals surface area (Å²) in [5.41, 5.74) is 7.54. The highest BCUT2D eigenvalue weighted by Gasteiger charge is 2.14. The van der Waals surface area contributed by atoms with Crippen LogP contribution in [-0.4, -0.2) is 23.8 Å². The Hall–Kier alpha value is -4.76. The van der Waals surface area contributed by atoms with E-state index in [9.17, 15) is 4.79 Å². The van der Waals surface area contributed by atoms with E-state index in [2.05, 4.69) is 57.0 Å². The molecule has 1 N–H and O–H groups in total. The third-order valence-electron chi connectivity index (χ3n) is 6.50. The number of hydrogen-bond donors (Lipinski definition) is 1. The molecule has 9 heteroatoms. The van der Waals surface area contributed by atoms with Crippen molar-refractivity contribution in [3.63, 3.8) is 0 Å². The highest BCUT2D eigenvalue weighted by molar-refractivity contribution is 9.10. The van der Waals surface area contributed by atoms with Crippen LogP contribution in [0.2, 0.25) is 0 Å². The number of furan rings is 1. The molecule has 0 saturated carbocycles. The third-order valence-corrected chi connectivity index (χ3v) is 6.95. The largest absolute Gasteiger partial charge is 0.493 e. The molecule has 0 radical (unpaired) electrons. The van der Waals surface area contributed by atoms with Gasteiger partial charge in [0.25, 0.3) is 0 Å². The van der Waals surface area contributed by atoms with Gasteiger partial charge in [-0.3, -0.25) is 4.79 Å². The van der Waals surface area contributed by atoms with E-state index in [0.717, 1.165) is 15.7 Å². The number of hydrazone groups is 1. The Bertz CT molecular complexity index is 1670. The first-order valence-corrected chi connectivity index (χ1v) is 14.0. The summed E-state index contributed by atoms with van der Waals surface area (Å²) in [5.74, 6) is 1.88. The first-order chi connectivity index (χ1) is 20.4. The average Bonchev–Trinajstić information content (AvgIpc) is 3.62. The summed E-state index contributed by atoms with van der Waals surface area (Å²) in [6.07, 6.45) is 1.50. The number of amides is 1. The van der Waals surface area contributed by atoms with Crippen molar-refractivity contribution in [2.45, 2.75) is 27.1 Å². The topological polar surface area (TPSA) is 87.2 Å². The van der Waals surface area contributed by atoms with Crippen molar-refractivity contribution in [2.75, 3.05) is 7.11 Å². The Morgan fingerprint density at radius 3 is 2.38 bits per heavy atom. The molecule has 0 unspecified atom stereocenters. The van der Waals surface area contributed by atoms with Crippen LogP contribution in [0.15, 0.2) is 105 Å². The lowest BCUT2D eigenvalue weighted by Gasteiger charge is -2.14. The van der Waals surface area contributed by atoms with Crippen molar-refractivity contribution >= 4 is 28.1 Å². The van der Waals surface area contributed by atoms with Gasteiger partial charge in [0.2, 0.25) is 0 Å². The van der Waals surface area contributed by atoms with Gasteiger partial charge in [-0.1, -0.05) is 46.3 Å². The summed E-state index contributed by atoms with van der Waals surface area (Å²) in [7, 11) is 1.57. The zero-order chi connectivity index (χ0) is 29.5. The fourth-order valence-electron chi connectivity index (χ4n) is 4.44. The first kappa shape index (κ1) is 28.8. The number of benzene rings is 3. The second-order valence-electron chi connectivity index (χ2n) is 9.50. The molecule has 0 fully saturated rings. The van der Waals surface area contributed by atoms with Gasteiger partial charge in [0.15, 0.2) is 17.3 Å². The van der Waals surface area contributed by atoms with E-state index in [1.807, 2.05) is 60.7 Å². The van der Waals surface area contributed by atoms with Gasteiger partial charge in [-0.05, 0) is 80.1 Å². The monoisotopic (exact) mass is 627 g/mol. The van der Waals surface area contributed by atoms with E-state index in [1.54, 1.807) is 25.3 Å². The van der Waals surface area contributed by atoms with Gasteiger partial charge in [0.05, 0.1) is 13.3 Å². The molecule has 0 atom stereocenters. The fraction of sp³-hybridized carbons (Fsp3) is 0.152. The highest BCUT2D eigenvalue weighted by atomic mass is 79.9. The molecule has 0 aliphatic rings. The molecule has 2 aromatic heterocycles. The van der Waals surface area contributed by atoms with Crippen molar-refractivity contribution in [1.82, 2.24) is 9.99 Å². The number of ether oxygens (including phenoxy) is 3. The van der Waals surface area contributed by atoms with Crippen molar-refractivity contribution in [3.8, 4) is 22.9 Å². The predicted molar refractivity (Wildman–Crippen MR) is 165 cm³/mol. The lowest BCUT2D eigenvalue weighted by molar-refractivity contribution is 0.0923. The molecule has 2 heterocycles. The number of carbonyl (C=O) groups is 1. The van der Waals surface area contributed by atoms with Crippen LogP contribution in [0, 0.1) is 13.8 Å². The minimum Gasteiger partial charge on any atom is -0.493 e. The molecule has 1 amide bonds. The van der Waals surface area contributed by atoms with Gasteiger partial charge in [0.1, 0.15) is 24.7 Å². The summed E-state index contributed by atoms with van der Waals surface area (Å²) in [6.45, 7) is 4.67. The summed E-state index contributed by atoms with van der Waals surface area (Å²) in [4.78, 5) is 12.7. The lowest BCUT2D eigenvalue weighted by Crippen LogP contribution is -2.17. The number of aryl methyl sites for hydroxylation is 2. The predicted octanol–water partition coefficient (Wildman–Crippen LogP) is 7.38. The van der Waals surface area contributed by atoms with E-state index in [0.29, 0.717) is 35.2 Å². The van der Waals surface area contributed by atoms with Crippen LogP contribution in [0.1, 0.15) is 38.8 Å². The summed E-state index contributed by atoms with van der Waals surface area (Å²) in [6, 6.07) is 28.7. The van der Waals surface area contributed by atoms with Crippen LogP contribution in [-0.2, 0) is 13.2 Å². The maximum Gasteiger partial charge on any atom is 0.307 e. The zero-order valence-corrected chi connectivity index (χ0v) is 25.1. The number of carbonyl (C=O) groups excluding carboxylic acids is 1. The van der Waals surface area contributed by atoms with Crippen LogP contribution in [0.5, 0.6) is 17.2 Å². The van der Waals surface area contributed by atoms with E-state index in [-0.39, 0.29) is 12.4 Å². The average molecular weight is 629 g/mol. The molecule has 5 aromatic rings. The Balaban J connectivity index is 1.19. The van der Waals surface area contributed by atoms with Crippen molar-refractivity contribution in [2.24, 2.45) is 5.10 Å². The molecule has 0 aliphatic carbocycles. The highest BCUT2D eigenvalue weighted by Crippen LogP contribution is 2.34. The minimum atomic E-state index is -0.493. The second kappa shape index (κ2) is 13.3. The first-order valence-electron chi connectivity index (χ1n) is 13.3. The molecule has 0 bridgehead atoms. The summed E-state index contributed by atoms with van der Waals surface area (Å²) >= 11 is 3.48. The maximum atomic E-state index is 12.7. The molecule has 42 heavy (non-hydrogen) atoms. The van der Waals surface area contributed by atoms with Crippen molar-refractivity contribution < 1.29 is 23.4 Å². The minimum absolute atomic E-state index is 0.118. The van der Waals surface area contributed by atoms with Crippen molar-refractivity contribution in [1.29, 1.82) is 0 Å². The number of methoxy groups -OCH3 is 1. The Morgan fingerprint density at radius 2 is 1.67 bits per heavy atom. The number of hydrogen-bond acceptors (Lipinski definition) is 6. The maximum absolute atomic E-state index is 12.7. The van der Waals surface area contributed by atoms with Gasteiger partial charge < -0.3 is 23.2 Å². The molecule has 0 saturated heterocycles. The molecular formula is C33H30BrN3O5. The molecule has 0 aliphatic heterocycles. The van der Waals surface area contributed by atoms with E-state index in [4.69, 9.17) is 18.6 Å². The van der Waals surface area contributed by atoms with E-state index in [1.165, 1.54) is 17.6 Å². The number of nitrogens with one attached hydrogen (secondary N) is 1. The van der Waals surface area contributed by atoms with Crippen LogP contribution in [0.25, 0.3) is 5.69 Å². The normalized spacial score (nSPS) is 11.0. The molecule has 5 rings (SSSR count). The van der Waals surface area contributed by atoms with Crippen LogP contribution >= 0.6 is 15.9 Å². The van der Waals surface area contributed by atoms with Gasteiger partial charge in [-0.25, -0.2) is 5.43 Å². The molecule has 214 valence electrons. The quantitative estimate of drug-likeness (QED) is 0.122. The number of aromatic nitrogens is 1.